The van der Waals surface area contributed by atoms with E-state index < -0.39 is 0 Å². The lowest BCUT2D eigenvalue weighted by Crippen LogP contribution is -2.29. The molecule has 39 heavy (non-hydrogen) atoms. The second kappa shape index (κ2) is 9.00. The number of allylic oxidation sites excluding steroid dienone is 2. The smallest absolute Gasteiger partial charge is 0.0497 e. The van der Waals surface area contributed by atoms with E-state index in [-0.39, 0.29) is 22.6 Å². The number of para-hydroxylation sites is 1. The van der Waals surface area contributed by atoms with Gasteiger partial charge in [-0.3, -0.25) is 0 Å². The molecule has 0 N–H and O–H groups in total. The highest BCUT2D eigenvalue weighted by molar-refractivity contribution is 6.21. The van der Waals surface area contributed by atoms with Crippen LogP contribution in [0.25, 0.3) is 11.1 Å². The monoisotopic (exact) mass is 527 g/mol. The largest absolute Gasteiger partial charge is 0.314 e. The lowest BCUT2D eigenvalue weighted by molar-refractivity contribution is 0.324. The van der Waals surface area contributed by atoms with Crippen LogP contribution in [0, 0.1) is 17.8 Å². The van der Waals surface area contributed by atoms with Crippen LogP contribution < -0.4 is 4.90 Å². The van der Waals surface area contributed by atoms with Crippen molar-refractivity contribution in [1.29, 1.82) is 0 Å². The van der Waals surface area contributed by atoms with Gasteiger partial charge in [-0.15, -0.1) is 18.2 Å². The zero-order valence-corrected chi connectivity index (χ0v) is 23.6. The van der Waals surface area contributed by atoms with E-state index in [1.807, 2.05) is 0 Å². The maximum Gasteiger partial charge on any atom is 0.0497 e. The van der Waals surface area contributed by atoms with Crippen LogP contribution in [0.2, 0.25) is 0 Å². The summed E-state index contributed by atoms with van der Waals surface area (Å²) in [5, 5.41) is 0.00262. The molecule has 4 aromatic carbocycles. The second-order valence-electron chi connectivity index (χ2n) is 11.7. The Morgan fingerprint density at radius 3 is 2.05 bits per heavy atom. The summed E-state index contributed by atoms with van der Waals surface area (Å²) in [4.78, 5) is 2.46. The van der Waals surface area contributed by atoms with Gasteiger partial charge in [-0.05, 0) is 70.3 Å². The number of fused-ring (bicyclic) bond motifs is 6. The van der Waals surface area contributed by atoms with Crippen LogP contribution in [0.1, 0.15) is 48.9 Å². The zero-order chi connectivity index (χ0) is 26.9. The second-order valence-corrected chi connectivity index (χ2v) is 12.2. The van der Waals surface area contributed by atoms with Crippen LogP contribution in [0.5, 0.6) is 0 Å². The van der Waals surface area contributed by atoms with Gasteiger partial charge in [-0.2, -0.15) is 0 Å². The number of hydrogen-bond donors (Lipinski definition) is 0. The van der Waals surface area contributed by atoms with Crippen molar-refractivity contribution in [2.75, 3.05) is 4.90 Å². The van der Waals surface area contributed by atoms with E-state index in [1.165, 1.54) is 50.5 Å². The van der Waals surface area contributed by atoms with Gasteiger partial charge in [0.25, 0.3) is 0 Å². The Hall–Kier alpha value is -3.55. The van der Waals surface area contributed by atoms with Crippen LogP contribution in [0.3, 0.4) is 0 Å². The van der Waals surface area contributed by atoms with Gasteiger partial charge in [-0.1, -0.05) is 105 Å². The lowest BCUT2D eigenvalue weighted by atomic mass is 9.72. The molecule has 0 saturated heterocycles. The molecular formula is C37H34ClN. The third kappa shape index (κ3) is 3.39. The summed E-state index contributed by atoms with van der Waals surface area (Å²) in [6, 6.07) is 35.7. The Labute approximate surface area is 237 Å². The Morgan fingerprint density at radius 1 is 0.795 bits per heavy atom. The third-order valence-electron chi connectivity index (χ3n) is 9.89. The SMILES string of the molecule is C=C[C@@H]1C2=CC(c3cc(C4(C)c5ccccc5-c5ccccc54)ccc3N2c2ccccc2)[C@H](Cl)[C@H](C)[C@H]1C. The minimum atomic E-state index is -0.237. The molecule has 1 nitrogen and oxygen atoms in total. The first-order valence-electron chi connectivity index (χ1n) is 14.1. The first-order chi connectivity index (χ1) is 18.9. The van der Waals surface area contributed by atoms with E-state index in [0.717, 1.165) is 0 Å². The van der Waals surface area contributed by atoms with E-state index in [1.54, 1.807) is 0 Å². The molecule has 2 bridgehead atoms. The van der Waals surface area contributed by atoms with Crippen LogP contribution in [-0.2, 0) is 5.41 Å². The van der Waals surface area contributed by atoms with Crippen molar-refractivity contribution in [3.8, 4) is 11.1 Å². The molecule has 1 unspecified atom stereocenters. The normalized spacial score (nSPS) is 26.1. The fourth-order valence-electron chi connectivity index (χ4n) is 7.53. The summed E-state index contributed by atoms with van der Waals surface area (Å²) < 4.78 is 0. The molecule has 1 heterocycles. The summed E-state index contributed by atoms with van der Waals surface area (Å²) in [5.74, 6) is 1.08. The van der Waals surface area contributed by atoms with E-state index in [4.69, 9.17) is 11.6 Å². The van der Waals surface area contributed by atoms with Crippen LogP contribution in [0.4, 0.5) is 11.4 Å². The summed E-state index contributed by atoms with van der Waals surface area (Å²) in [6.07, 6.45) is 4.57. The van der Waals surface area contributed by atoms with Gasteiger partial charge in [-0.25, -0.2) is 0 Å². The van der Waals surface area contributed by atoms with Crippen molar-refractivity contribution in [1.82, 2.24) is 0 Å². The quantitative estimate of drug-likeness (QED) is 0.189. The highest BCUT2D eigenvalue weighted by Gasteiger charge is 2.45. The first-order valence-corrected chi connectivity index (χ1v) is 14.6. The molecule has 7 rings (SSSR count). The summed E-state index contributed by atoms with van der Waals surface area (Å²) >= 11 is 7.39. The maximum absolute atomic E-state index is 7.39. The van der Waals surface area contributed by atoms with Gasteiger partial charge in [0.2, 0.25) is 0 Å². The van der Waals surface area contributed by atoms with Crippen LogP contribution >= 0.6 is 11.6 Å². The number of rotatable bonds is 3. The lowest BCUT2D eigenvalue weighted by Gasteiger charge is -2.39. The van der Waals surface area contributed by atoms with E-state index >= 15 is 0 Å². The van der Waals surface area contributed by atoms with E-state index in [0.29, 0.717) is 11.8 Å². The molecule has 0 aromatic heterocycles. The highest BCUT2D eigenvalue weighted by Crippen LogP contribution is 2.56. The zero-order valence-electron chi connectivity index (χ0n) is 22.8. The topological polar surface area (TPSA) is 3.24 Å². The number of benzene rings is 4. The number of anilines is 2. The number of alkyl halides is 1. The summed E-state index contributed by atoms with van der Waals surface area (Å²) in [6.45, 7) is 11.3. The van der Waals surface area contributed by atoms with Gasteiger partial charge in [0.15, 0.2) is 0 Å². The minimum Gasteiger partial charge on any atom is -0.314 e. The number of hydrogen-bond acceptors (Lipinski definition) is 1. The minimum absolute atomic E-state index is 0.00262. The molecule has 1 aliphatic heterocycles. The molecule has 0 fully saturated rings. The Kier molecular flexibility index (Phi) is 5.65. The standard InChI is InChI=1S/C37H34ClN/c1-5-27-23(2)24(3)36(38)31-22-35(27)39(26-13-7-6-8-14-26)34-20-19-25(21-30(31)34)37(4)32-17-11-9-15-28(32)29-16-10-12-18-33(29)37/h5-24,27,31,36H,1H2,2-4H3/t23-,24-,27+,31?,36-/m1/s1. The molecule has 4 aromatic rings. The van der Waals surface area contributed by atoms with Crippen LogP contribution in [0.15, 0.2) is 121 Å². The highest BCUT2D eigenvalue weighted by atomic mass is 35.5. The van der Waals surface area contributed by atoms with Crippen molar-refractivity contribution in [2.24, 2.45) is 17.8 Å². The van der Waals surface area contributed by atoms with Crippen molar-refractivity contribution < 1.29 is 0 Å². The molecule has 0 spiro atoms. The van der Waals surface area contributed by atoms with Gasteiger partial charge < -0.3 is 4.90 Å². The fourth-order valence-corrected chi connectivity index (χ4v) is 7.96. The molecule has 194 valence electrons. The number of nitrogens with zero attached hydrogens (tertiary/aromatic N) is 1. The average Bonchev–Trinajstić information content (AvgIpc) is 3.21. The van der Waals surface area contributed by atoms with E-state index in [2.05, 4.69) is 141 Å². The fraction of sp³-hybridized carbons (Fsp3) is 0.243. The average molecular weight is 528 g/mol. The van der Waals surface area contributed by atoms with Gasteiger partial charge >= 0.3 is 0 Å². The molecule has 0 radical (unpaired) electrons. The maximum atomic E-state index is 7.39. The van der Waals surface area contributed by atoms with Crippen molar-refractivity contribution >= 4 is 23.0 Å². The molecule has 5 atom stereocenters. The van der Waals surface area contributed by atoms with Crippen molar-refractivity contribution in [2.45, 2.75) is 37.5 Å². The van der Waals surface area contributed by atoms with Gasteiger partial charge in [0, 0.05) is 39.7 Å². The predicted molar refractivity (Wildman–Crippen MR) is 165 cm³/mol. The Bertz CT molecular complexity index is 1570. The first kappa shape index (κ1) is 24.5. The van der Waals surface area contributed by atoms with E-state index in [9.17, 15) is 0 Å². The molecule has 3 aliphatic rings. The van der Waals surface area contributed by atoms with Crippen LogP contribution in [-0.4, -0.2) is 5.38 Å². The molecule has 2 aliphatic carbocycles. The Balaban J connectivity index is 1.48. The molecule has 0 saturated carbocycles. The molecule has 0 amide bonds. The predicted octanol–water partition coefficient (Wildman–Crippen LogP) is 9.84. The molecule has 2 heteroatoms. The number of halogens is 1. The third-order valence-corrected chi connectivity index (χ3v) is 10.6. The summed E-state index contributed by atoms with van der Waals surface area (Å²) in [5.41, 5.74) is 11.5. The van der Waals surface area contributed by atoms with Gasteiger partial charge in [0.1, 0.15) is 0 Å². The van der Waals surface area contributed by atoms with Crippen molar-refractivity contribution in [3.63, 3.8) is 0 Å². The molecular weight excluding hydrogens is 494 g/mol. The van der Waals surface area contributed by atoms with Crippen molar-refractivity contribution in [3.05, 3.63) is 144 Å². The van der Waals surface area contributed by atoms with Gasteiger partial charge in [0.05, 0.1) is 0 Å². The summed E-state index contributed by atoms with van der Waals surface area (Å²) in [7, 11) is 0. The Morgan fingerprint density at radius 2 is 1.41 bits per heavy atom.